The number of hydrogen-bond acceptors (Lipinski definition) is 6. The van der Waals surface area contributed by atoms with Crippen molar-refractivity contribution in [2.75, 3.05) is 6.79 Å². The smallest absolute Gasteiger partial charge is 0.271 e. The first-order valence-corrected chi connectivity index (χ1v) is 9.75. The first-order valence-electron chi connectivity index (χ1n) is 8.96. The number of benzene rings is 2. The van der Waals surface area contributed by atoms with Crippen LogP contribution in [0.25, 0.3) is 0 Å². The molecule has 1 aromatic heterocycles. The monoisotopic (exact) mass is 466 g/mol. The summed E-state index contributed by atoms with van der Waals surface area (Å²) in [6.07, 6.45) is 0. The highest BCUT2D eigenvalue weighted by molar-refractivity contribution is 9.10. The number of ether oxygens (including phenoxy) is 2. The molecule has 0 unspecified atom stereocenters. The maximum Gasteiger partial charge on any atom is 0.271 e. The van der Waals surface area contributed by atoms with Crippen LogP contribution in [0.4, 0.5) is 0 Å². The molecule has 1 aliphatic rings. The van der Waals surface area contributed by atoms with Gasteiger partial charge < -0.3 is 14.6 Å². The molecule has 4 rings (SSSR count). The highest BCUT2D eigenvalue weighted by atomic mass is 79.9. The van der Waals surface area contributed by atoms with Gasteiger partial charge in [-0.05, 0) is 54.4 Å². The van der Waals surface area contributed by atoms with Crippen LogP contribution in [0.2, 0.25) is 0 Å². The van der Waals surface area contributed by atoms with E-state index in [0.717, 1.165) is 9.04 Å². The number of pyridine rings is 1. The SMILES string of the molecule is Cc1c(C(=O)c2ccc(Br)cc2)c(O)n(Cc2ccc3c(c2)OCO3)c(=O)c1C#N. The minimum Gasteiger partial charge on any atom is -0.494 e. The normalized spacial score (nSPS) is 11.9. The number of nitriles is 1. The topological polar surface area (TPSA) is 102 Å². The lowest BCUT2D eigenvalue weighted by Gasteiger charge is -2.16. The van der Waals surface area contributed by atoms with Crippen LogP contribution in [0.1, 0.15) is 32.6 Å². The van der Waals surface area contributed by atoms with E-state index in [4.69, 9.17) is 9.47 Å². The zero-order chi connectivity index (χ0) is 21.4. The lowest BCUT2D eigenvalue weighted by atomic mass is 9.97. The van der Waals surface area contributed by atoms with E-state index in [1.54, 1.807) is 42.5 Å². The van der Waals surface area contributed by atoms with Crippen molar-refractivity contribution in [2.45, 2.75) is 13.5 Å². The Labute approximate surface area is 179 Å². The van der Waals surface area contributed by atoms with Crippen molar-refractivity contribution in [1.29, 1.82) is 5.26 Å². The Balaban J connectivity index is 1.84. The molecule has 2 aromatic carbocycles. The Morgan fingerprint density at radius 3 is 2.60 bits per heavy atom. The highest BCUT2D eigenvalue weighted by Crippen LogP contribution is 2.33. The summed E-state index contributed by atoms with van der Waals surface area (Å²) in [6, 6.07) is 13.6. The van der Waals surface area contributed by atoms with Crippen LogP contribution in [0.15, 0.2) is 51.7 Å². The molecule has 1 N–H and O–H groups in total. The minimum absolute atomic E-state index is 0.0448. The van der Waals surface area contributed by atoms with Crippen LogP contribution in [0.5, 0.6) is 17.4 Å². The average Bonchev–Trinajstić information content (AvgIpc) is 3.20. The second-order valence-corrected chi connectivity index (χ2v) is 7.64. The number of fused-ring (bicyclic) bond motifs is 1. The molecule has 0 radical (unpaired) electrons. The van der Waals surface area contributed by atoms with Gasteiger partial charge >= 0.3 is 0 Å². The molecule has 0 spiro atoms. The van der Waals surface area contributed by atoms with E-state index in [1.165, 1.54) is 6.92 Å². The van der Waals surface area contributed by atoms with Crippen LogP contribution in [-0.4, -0.2) is 22.2 Å². The lowest BCUT2D eigenvalue weighted by Crippen LogP contribution is -2.27. The second-order valence-electron chi connectivity index (χ2n) is 6.73. The zero-order valence-corrected chi connectivity index (χ0v) is 17.4. The molecule has 0 amide bonds. The molecule has 0 saturated carbocycles. The molecule has 1 aliphatic heterocycles. The maximum absolute atomic E-state index is 13.1. The summed E-state index contributed by atoms with van der Waals surface area (Å²) >= 11 is 3.31. The van der Waals surface area contributed by atoms with Crippen molar-refractivity contribution in [1.82, 2.24) is 4.57 Å². The van der Waals surface area contributed by atoms with Crippen LogP contribution in [0, 0.1) is 18.3 Å². The number of hydrogen-bond donors (Lipinski definition) is 1. The zero-order valence-electron chi connectivity index (χ0n) is 15.8. The van der Waals surface area contributed by atoms with Crippen molar-refractivity contribution >= 4 is 21.7 Å². The van der Waals surface area contributed by atoms with Gasteiger partial charge in [-0.1, -0.05) is 22.0 Å². The summed E-state index contributed by atoms with van der Waals surface area (Å²) in [5.74, 6) is 0.150. The summed E-state index contributed by atoms with van der Waals surface area (Å²) in [4.78, 5) is 25.9. The molecule has 7 nitrogen and oxygen atoms in total. The van der Waals surface area contributed by atoms with Crippen molar-refractivity contribution < 1.29 is 19.4 Å². The molecule has 2 heterocycles. The van der Waals surface area contributed by atoms with Crippen LogP contribution < -0.4 is 15.0 Å². The van der Waals surface area contributed by atoms with Crippen LogP contribution >= 0.6 is 15.9 Å². The van der Waals surface area contributed by atoms with Gasteiger partial charge in [0.1, 0.15) is 11.6 Å². The van der Waals surface area contributed by atoms with Gasteiger partial charge in [-0.3, -0.25) is 14.2 Å². The average molecular weight is 467 g/mol. The predicted octanol–water partition coefficient (Wildman–Crippen LogP) is 3.50. The molecule has 0 fully saturated rings. The van der Waals surface area contributed by atoms with E-state index in [1.807, 2.05) is 6.07 Å². The largest absolute Gasteiger partial charge is 0.494 e. The van der Waals surface area contributed by atoms with Gasteiger partial charge in [-0.2, -0.15) is 5.26 Å². The molecule has 0 saturated heterocycles. The van der Waals surface area contributed by atoms with Gasteiger partial charge in [0.05, 0.1) is 12.1 Å². The fourth-order valence-electron chi connectivity index (χ4n) is 3.34. The Hall–Kier alpha value is -3.57. The van der Waals surface area contributed by atoms with E-state index in [0.29, 0.717) is 22.6 Å². The lowest BCUT2D eigenvalue weighted by molar-refractivity contribution is 0.103. The number of carbonyl (C=O) groups is 1. The molecule has 0 bridgehead atoms. The fourth-order valence-corrected chi connectivity index (χ4v) is 3.60. The first kappa shape index (κ1) is 19.7. The number of nitrogens with zero attached hydrogens (tertiary/aromatic N) is 2. The quantitative estimate of drug-likeness (QED) is 0.590. The van der Waals surface area contributed by atoms with E-state index in [9.17, 15) is 20.0 Å². The number of ketones is 1. The van der Waals surface area contributed by atoms with Crippen molar-refractivity contribution in [3.05, 3.63) is 85.1 Å². The summed E-state index contributed by atoms with van der Waals surface area (Å²) in [5.41, 5.74) is 0.191. The van der Waals surface area contributed by atoms with Crippen molar-refractivity contribution in [3.63, 3.8) is 0 Å². The second kappa shape index (κ2) is 7.69. The molecule has 0 aliphatic carbocycles. The van der Waals surface area contributed by atoms with Crippen molar-refractivity contribution in [3.8, 4) is 23.4 Å². The van der Waals surface area contributed by atoms with Crippen LogP contribution in [-0.2, 0) is 6.54 Å². The summed E-state index contributed by atoms with van der Waals surface area (Å²) in [6.45, 7) is 1.55. The molecule has 30 heavy (non-hydrogen) atoms. The van der Waals surface area contributed by atoms with E-state index >= 15 is 0 Å². The number of rotatable bonds is 4. The summed E-state index contributed by atoms with van der Waals surface area (Å²) < 4.78 is 12.4. The first-order chi connectivity index (χ1) is 14.4. The van der Waals surface area contributed by atoms with E-state index in [-0.39, 0.29) is 30.0 Å². The molecule has 8 heteroatoms. The third kappa shape index (κ3) is 3.33. The summed E-state index contributed by atoms with van der Waals surface area (Å²) in [7, 11) is 0. The minimum atomic E-state index is -0.669. The number of halogens is 1. The number of aromatic hydroxyl groups is 1. The standard InChI is InChI=1S/C22H15BrN2O5/c1-12-16(9-24)21(27)25(10-13-2-7-17-18(8-13)30-11-29-17)22(28)19(12)20(26)14-3-5-15(23)6-4-14/h2-8,28H,10-11H2,1H3. The van der Waals surface area contributed by atoms with E-state index < -0.39 is 17.2 Å². The Morgan fingerprint density at radius 1 is 1.20 bits per heavy atom. The molecule has 0 atom stereocenters. The van der Waals surface area contributed by atoms with Gasteiger partial charge in [-0.15, -0.1) is 0 Å². The van der Waals surface area contributed by atoms with Crippen LogP contribution in [0.3, 0.4) is 0 Å². The molecule has 3 aromatic rings. The van der Waals surface area contributed by atoms with Gasteiger partial charge in [0.15, 0.2) is 17.3 Å². The number of carbonyl (C=O) groups excluding carboxylic acids is 1. The third-order valence-electron chi connectivity index (χ3n) is 4.91. The summed E-state index contributed by atoms with van der Waals surface area (Å²) in [5, 5.41) is 20.4. The maximum atomic E-state index is 13.1. The number of aromatic nitrogens is 1. The van der Waals surface area contributed by atoms with Gasteiger partial charge in [0.25, 0.3) is 5.56 Å². The Kier molecular flexibility index (Phi) is 5.06. The van der Waals surface area contributed by atoms with E-state index in [2.05, 4.69) is 15.9 Å². The molecular formula is C22H15BrN2O5. The van der Waals surface area contributed by atoms with Crippen molar-refractivity contribution in [2.24, 2.45) is 0 Å². The van der Waals surface area contributed by atoms with Gasteiger partial charge in [0, 0.05) is 10.0 Å². The molecular weight excluding hydrogens is 452 g/mol. The molecule has 150 valence electrons. The Bertz CT molecular complexity index is 1270. The van der Waals surface area contributed by atoms with Gasteiger partial charge in [0.2, 0.25) is 12.7 Å². The third-order valence-corrected chi connectivity index (χ3v) is 5.44. The predicted molar refractivity (Wildman–Crippen MR) is 111 cm³/mol. The van der Waals surface area contributed by atoms with Gasteiger partial charge in [-0.25, -0.2) is 0 Å². The Morgan fingerprint density at radius 2 is 1.90 bits per heavy atom. The fraction of sp³-hybridized carbons (Fsp3) is 0.136. The highest BCUT2D eigenvalue weighted by Gasteiger charge is 2.25.